The van der Waals surface area contributed by atoms with Gasteiger partial charge in [0.25, 0.3) is 5.91 Å². The summed E-state index contributed by atoms with van der Waals surface area (Å²) in [4.78, 5) is 19.0. The summed E-state index contributed by atoms with van der Waals surface area (Å²) in [5, 5.41) is 0.762. The molecule has 0 radical (unpaired) electrons. The lowest BCUT2D eigenvalue weighted by atomic mass is 9.95. The summed E-state index contributed by atoms with van der Waals surface area (Å²) in [5.41, 5.74) is 7.25. The van der Waals surface area contributed by atoms with Gasteiger partial charge in [0.15, 0.2) is 0 Å². The highest BCUT2D eigenvalue weighted by Gasteiger charge is 2.23. The summed E-state index contributed by atoms with van der Waals surface area (Å²) < 4.78 is 0. The van der Waals surface area contributed by atoms with Crippen LogP contribution in [0.1, 0.15) is 33.6 Å². The van der Waals surface area contributed by atoms with Gasteiger partial charge in [0.2, 0.25) is 0 Å². The van der Waals surface area contributed by atoms with Gasteiger partial charge >= 0.3 is 0 Å². The molecular formula is C12H17N3OS. The van der Waals surface area contributed by atoms with Crippen molar-refractivity contribution < 1.29 is 4.79 Å². The molecular weight excluding hydrogens is 234 g/mol. The number of rotatable bonds is 3. The third-order valence-corrected chi connectivity index (χ3v) is 4.00. The predicted molar refractivity (Wildman–Crippen MR) is 71.3 cm³/mol. The molecule has 1 aromatic heterocycles. The van der Waals surface area contributed by atoms with E-state index in [0.29, 0.717) is 5.56 Å². The molecule has 1 aromatic rings. The molecule has 0 aromatic carbocycles. The molecule has 0 aliphatic heterocycles. The van der Waals surface area contributed by atoms with E-state index in [1.165, 1.54) is 11.3 Å². The van der Waals surface area contributed by atoms with Gasteiger partial charge < -0.3 is 10.6 Å². The Morgan fingerprint density at radius 1 is 1.41 bits per heavy atom. The van der Waals surface area contributed by atoms with Gasteiger partial charge in [-0.3, -0.25) is 4.79 Å². The fourth-order valence-corrected chi connectivity index (χ4v) is 3.30. The fraction of sp³-hybridized carbons (Fsp3) is 0.500. The van der Waals surface area contributed by atoms with Gasteiger partial charge in [0, 0.05) is 19.0 Å². The molecule has 1 aliphatic carbocycles. The number of primary amides is 1. The summed E-state index contributed by atoms with van der Waals surface area (Å²) in [5.74, 6) is -0.352. The first-order valence-corrected chi connectivity index (χ1v) is 6.56. The van der Waals surface area contributed by atoms with E-state index in [1.54, 1.807) is 17.7 Å². The summed E-state index contributed by atoms with van der Waals surface area (Å²) in [6.45, 7) is 0. The predicted octanol–water partition coefficient (Wildman–Crippen LogP) is 1.95. The molecule has 1 aliphatic rings. The van der Waals surface area contributed by atoms with E-state index in [-0.39, 0.29) is 5.91 Å². The summed E-state index contributed by atoms with van der Waals surface area (Å²) in [6.07, 6.45) is 6.06. The van der Waals surface area contributed by atoms with Crippen LogP contribution >= 0.6 is 11.3 Å². The molecule has 1 heterocycles. The topological polar surface area (TPSA) is 58.7 Å². The first-order chi connectivity index (χ1) is 8.09. The number of hydrogen-bond donors (Lipinski definition) is 1. The number of fused-ring (bicyclic) bond motifs is 1. The SMILES string of the molecule is CN(C)C=Nc1sc2c(c1C(N)=O)CCCC2. The highest BCUT2D eigenvalue weighted by atomic mass is 32.1. The Morgan fingerprint density at radius 3 is 2.76 bits per heavy atom. The fourth-order valence-electron chi connectivity index (χ4n) is 2.06. The quantitative estimate of drug-likeness (QED) is 0.659. The van der Waals surface area contributed by atoms with Crippen molar-refractivity contribution >= 4 is 28.6 Å². The van der Waals surface area contributed by atoms with Crippen molar-refractivity contribution in [2.24, 2.45) is 10.7 Å². The molecule has 0 unspecified atom stereocenters. The minimum absolute atomic E-state index is 0.352. The molecule has 5 heteroatoms. The van der Waals surface area contributed by atoms with Crippen molar-refractivity contribution in [2.45, 2.75) is 25.7 Å². The molecule has 0 atom stereocenters. The maximum absolute atomic E-state index is 11.5. The zero-order chi connectivity index (χ0) is 12.4. The Hall–Kier alpha value is -1.36. The van der Waals surface area contributed by atoms with Crippen molar-refractivity contribution in [1.29, 1.82) is 0 Å². The highest BCUT2D eigenvalue weighted by Crippen LogP contribution is 2.39. The van der Waals surface area contributed by atoms with Crippen molar-refractivity contribution in [3.63, 3.8) is 0 Å². The van der Waals surface area contributed by atoms with Crippen LogP contribution in [0.25, 0.3) is 0 Å². The number of carbonyl (C=O) groups is 1. The molecule has 0 bridgehead atoms. The highest BCUT2D eigenvalue weighted by molar-refractivity contribution is 7.16. The number of aliphatic imine (C=N–C) groups is 1. The van der Waals surface area contributed by atoms with Crippen molar-refractivity contribution in [1.82, 2.24) is 4.90 Å². The molecule has 1 amide bonds. The van der Waals surface area contributed by atoms with Crippen LogP contribution in [0.2, 0.25) is 0 Å². The molecule has 2 N–H and O–H groups in total. The average Bonchev–Trinajstić information content (AvgIpc) is 2.64. The van der Waals surface area contributed by atoms with Gasteiger partial charge in [-0.15, -0.1) is 11.3 Å². The van der Waals surface area contributed by atoms with Gasteiger partial charge in [0.05, 0.1) is 11.9 Å². The Kier molecular flexibility index (Phi) is 3.47. The van der Waals surface area contributed by atoms with E-state index in [2.05, 4.69) is 4.99 Å². The Labute approximate surface area is 105 Å². The molecule has 17 heavy (non-hydrogen) atoms. The third kappa shape index (κ3) is 2.49. The summed E-state index contributed by atoms with van der Waals surface area (Å²) in [7, 11) is 3.81. The van der Waals surface area contributed by atoms with Crippen LogP contribution in [0.15, 0.2) is 4.99 Å². The number of carbonyl (C=O) groups excluding carboxylic acids is 1. The lowest BCUT2D eigenvalue weighted by molar-refractivity contribution is 0.100. The van der Waals surface area contributed by atoms with Crippen LogP contribution in [0, 0.1) is 0 Å². The van der Waals surface area contributed by atoms with Crippen LogP contribution < -0.4 is 5.73 Å². The van der Waals surface area contributed by atoms with Gasteiger partial charge in [-0.05, 0) is 31.2 Å². The monoisotopic (exact) mass is 251 g/mol. The number of amides is 1. The lowest BCUT2D eigenvalue weighted by Crippen LogP contribution is -2.14. The maximum Gasteiger partial charge on any atom is 0.252 e. The molecule has 2 rings (SSSR count). The molecule has 92 valence electrons. The summed E-state index contributed by atoms with van der Waals surface area (Å²) in [6, 6.07) is 0. The second-order valence-corrected chi connectivity index (χ2v) is 5.55. The Morgan fingerprint density at radius 2 is 2.12 bits per heavy atom. The number of aryl methyl sites for hydroxylation is 1. The van der Waals surface area contributed by atoms with E-state index in [0.717, 1.165) is 29.8 Å². The van der Waals surface area contributed by atoms with Crippen LogP contribution in [0.4, 0.5) is 5.00 Å². The first-order valence-electron chi connectivity index (χ1n) is 5.74. The lowest BCUT2D eigenvalue weighted by Gasteiger charge is -2.10. The minimum atomic E-state index is -0.352. The van der Waals surface area contributed by atoms with Crippen LogP contribution in [0.3, 0.4) is 0 Å². The van der Waals surface area contributed by atoms with Crippen LogP contribution in [-0.4, -0.2) is 31.2 Å². The molecule has 4 nitrogen and oxygen atoms in total. The van der Waals surface area contributed by atoms with E-state index in [4.69, 9.17) is 5.73 Å². The number of nitrogens with zero attached hydrogens (tertiary/aromatic N) is 2. The summed E-state index contributed by atoms with van der Waals surface area (Å²) >= 11 is 1.61. The second kappa shape index (κ2) is 4.87. The van der Waals surface area contributed by atoms with Crippen LogP contribution in [0.5, 0.6) is 0 Å². The van der Waals surface area contributed by atoms with Crippen molar-refractivity contribution in [3.05, 3.63) is 16.0 Å². The minimum Gasteiger partial charge on any atom is -0.369 e. The van der Waals surface area contributed by atoms with Crippen molar-refractivity contribution in [2.75, 3.05) is 14.1 Å². The maximum atomic E-state index is 11.5. The average molecular weight is 251 g/mol. The van der Waals surface area contributed by atoms with Crippen LogP contribution in [-0.2, 0) is 12.8 Å². The number of nitrogens with two attached hydrogens (primary N) is 1. The molecule has 0 saturated carbocycles. The van der Waals surface area contributed by atoms with E-state index < -0.39 is 0 Å². The number of hydrogen-bond acceptors (Lipinski definition) is 3. The molecule has 0 fully saturated rings. The molecule has 0 saturated heterocycles. The van der Waals surface area contributed by atoms with Gasteiger partial charge in [-0.1, -0.05) is 0 Å². The van der Waals surface area contributed by atoms with Gasteiger partial charge in [-0.25, -0.2) is 4.99 Å². The van der Waals surface area contributed by atoms with Gasteiger partial charge in [-0.2, -0.15) is 0 Å². The Bertz CT molecular complexity index is 463. The zero-order valence-corrected chi connectivity index (χ0v) is 11.0. The first kappa shape index (κ1) is 12.1. The van der Waals surface area contributed by atoms with Gasteiger partial charge in [0.1, 0.15) is 5.00 Å². The zero-order valence-electron chi connectivity index (χ0n) is 10.2. The van der Waals surface area contributed by atoms with E-state index in [1.807, 2.05) is 19.0 Å². The standard InChI is InChI=1S/C12H17N3OS/c1-15(2)7-14-12-10(11(13)16)8-5-3-4-6-9(8)17-12/h7H,3-6H2,1-2H3,(H2,13,16). The third-order valence-electron chi connectivity index (χ3n) is 2.81. The van der Waals surface area contributed by atoms with E-state index >= 15 is 0 Å². The number of thiophene rings is 1. The largest absolute Gasteiger partial charge is 0.369 e. The van der Waals surface area contributed by atoms with Crippen molar-refractivity contribution in [3.8, 4) is 0 Å². The second-order valence-electron chi connectivity index (χ2n) is 4.46. The Balaban J connectivity index is 2.44. The smallest absolute Gasteiger partial charge is 0.252 e. The van der Waals surface area contributed by atoms with E-state index in [9.17, 15) is 4.79 Å². The molecule has 0 spiro atoms. The normalized spacial score (nSPS) is 14.9.